The van der Waals surface area contributed by atoms with E-state index in [1.54, 1.807) is 12.1 Å². The fourth-order valence-electron chi connectivity index (χ4n) is 1.62. The van der Waals surface area contributed by atoms with Gasteiger partial charge in [-0.05, 0) is 23.5 Å². The lowest BCUT2D eigenvalue weighted by Crippen LogP contribution is -2.21. The normalized spacial score (nSPS) is 13.4. The fourth-order valence-corrected chi connectivity index (χ4v) is 1.85. The number of ketones is 1. The first-order chi connectivity index (χ1) is 8.21. The zero-order valence-corrected chi connectivity index (χ0v) is 12.1. The summed E-state index contributed by atoms with van der Waals surface area (Å²) in [5.74, 6) is -0.112. The SMILES string of the molecule is CC(CC(=O)Cc1c(F)cccc1Cl)C(C)(C)C. The van der Waals surface area contributed by atoms with Crippen LogP contribution in [0.4, 0.5) is 4.39 Å². The topological polar surface area (TPSA) is 17.1 Å². The molecule has 1 rings (SSSR count). The van der Waals surface area contributed by atoms with Gasteiger partial charge in [-0.3, -0.25) is 4.79 Å². The van der Waals surface area contributed by atoms with E-state index in [2.05, 4.69) is 20.8 Å². The molecule has 0 aliphatic heterocycles. The number of carbonyl (C=O) groups excluding carboxylic acids is 1. The number of carbonyl (C=O) groups is 1. The Hall–Kier alpha value is -0.890. The molecule has 18 heavy (non-hydrogen) atoms. The van der Waals surface area contributed by atoms with Gasteiger partial charge in [0.15, 0.2) is 0 Å². The second kappa shape index (κ2) is 5.83. The second-order valence-electron chi connectivity index (χ2n) is 5.89. The molecule has 0 aliphatic carbocycles. The lowest BCUT2D eigenvalue weighted by Gasteiger charge is -2.26. The molecule has 1 atom stereocenters. The molecule has 1 unspecified atom stereocenters. The van der Waals surface area contributed by atoms with Crippen LogP contribution >= 0.6 is 11.6 Å². The lowest BCUT2D eigenvalue weighted by molar-refractivity contribution is -0.120. The van der Waals surface area contributed by atoms with Crippen molar-refractivity contribution in [3.05, 3.63) is 34.6 Å². The Morgan fingerprint density at radius 3 is 2.50 bits per heavy atom. The molecule has 1 aromatic rings. The van der Waals surface area contributed by atoms with Gasteiger partial charge in [0, 0.05) is 23.4 Å². The Morgan fingerprint density at radius 1 is 1.39 bits per heavy atom. The van der Waals surface area contributed by atoms with Crippen LogP contribution in [-0.4, -0.2) is 5.78 Å². The first kappa shape index (κ1) is 15.2. The molecule has 0 fully saturated rings. The average molecular weight is 271 g/mol. The zero-order valence-electron chi connectivity index (χ0n) is 11.4. The van der Waals surface area contributed by atoms with Crippen molar-refractivity contribution in [2.24, 2.45) is 11.3 Å². The zero-order chi connectivity index (χ0) is 13.9. The third kappa shape index (κ3) is 4.09. The minimum absolute atomic E-state index is 0.0319. The first-order valence-electron chi connectivity index (χ1n) is 6.16. The van der Waals surface area contributed by atoms with E-state index < -0.39 is 5.82 Å². The molecule has 100 valence electrons. The van der Waals surface area contributed by atoms with Crippen molar-refractivity contribution in [2.75, 3.05) is 0 Å². The summed E-state index contributed by atoms with van der Waals surface area (Å²) in [7, 11) is 0. The van der Waals surface area contributed by atoms with E-state index in [0.717, 1.165) is 0 Å². The summed E-state index contributed by atoms with van der Waals surface area (Å²) < 4.78 is 13.5. The molecule has 0 amide bonds. The Labute approximate surface area is 113 Å². The minimum Gasteiger partial charge on any atom is -0.299 e. The summed E-state index contributed by atoms with van der Waals surface area (Å²) in [4.78, 5) is 11.9. The molecule has 0 aromatic heterocycles. The van der Waals surface area contributed by atoms with E-state index in [0.29, 0.717) is 17.0 Å². The molecule has 0 radical (unpaired) electrons. The van der Waals surface area contributed by atoms with E-state index in [1.807, 2.05) is 6.92 Å². The third-order valence-electron chi connectivity index (χ3n) is 3.45. The van der Waals surface area contributed by atoms with Crippen LogP contribution in [0, 0.1) is 17.2 Å². The summed E-state index contributed by atoms with van der Waals surface area (Å²) in [5.41, 5.74) is 0.389. The highest BCUT2D eigenvalue weighted by Crippen LogP contribution is 2.29. The molecule has 0 bridgehead atoms. The molecule has 3 heteroatoms. The molecular formula is C15H20ClFO. The maximum Gasteiger partial charge on any atom is 0.137 e. The Balaban J connectivity index is 2.72. The van der Waals surface area contributed by atoms with Crippen LogP contribution in [0.5, 0.6) is 0 Å². The first-order valence-corrected chi connectivity index (χ1v) is 6.54. The van der Waals surface area contributed by atoms with E-state index in [-0.39, 0.29) is 23.5 Å². The molecule has 0 saturated carbocycles. The van der Waals surface area contributed by atoms with Crippen molar-refractivity contribution in [3.63, 3.8) is 0 Å². The lowest BCUT2D eigenvalue weighted by atomic mass is 9.79. The monoisotopic (exact) mass is 270 g/mol. The molecule has 0 spiro atoms. The summed E-state index contributed by atoms with van der Waals surface area (Å²) in [6.07, 6.45) is 0.528. The predicted molar refractivity (Wildman–Crippen MR) is 73.4 cm³/mol. The van der Waals surface area contributed by atoms with Crippen molar-refractivity contribution < 1.29 is 9.18 Å². The van der Waals surface area contributed by atoms with Gasteiger partial charge in [0.05, 0.1) is 0 Å². The Morgan fingerprint density at radius 2 is 2.00 bits per heavy atom. The number of hydrogen-bond donors (Lipinski definition) is 0. The van der Waals surface area contributed by atoms with Gasteiger partial charge in [0.2, 0.25) is 0 Å². The third-order valence-corrected chi connectivity index (χ3v) is 3.80. The number of rotatable bonds is 4. The number of halogens is 2. The van der Waals surface area contributed by atoms with Crippen LogP contribution in [0.1, 0.15) is 39.7 Å². The van der Waals surface area contributed by atoms with Crippen molar-refractivity contribution in [1.29, 1.82) is 0 Å². The van der Waals surface area contributed by atoms with Crippen molar-refractivity contribution in [1.82, 2.24) is 0 Å². The second-order valence-corrected chi connectivity index (χ2v) is 6.29. The highest BCUT2D eigenvalue weighted by Gasteiger charge is 2.23. The van der Waals surface area contributed by atoms with Gasteiger partial charge in [-0.1, -0.05) is 45.4 Å². The largest absolute Gasteiger partial charge is 0.299 e. The molecule has 0 saturated heterocycles. The van der Waals surface area contributed by atoms with E-state index >= 15 is 0 Å². The summed E-state index contributed by atoms with van der Waals surface area (Å²) >= 11 is 5.91. The van der Waals surface area contributed by atoms with Crippen molar-refractivity contribution in [3.8, 4) is 0 Å². The van der Waals surface area contributed by atoms with Crippen molar-refractivity contribution >= 4 is 17.4 Å². The number of hydrogen-bond acceptors (Lipinski definition) is 1. The van der Waals surface area contributed by atoms with Gasteiger partial charge >= 0.3 is 0 Å². The van der Waals surface area contributed by atoms with E-state index in [1.165, 1.54) is 6.07 Å². The number of benzene rings is 1. The van der Waals surface area contributed by atoms with Crippen molar-refractivity contribution in [2.45, 2.75) is 40.5 Å². The van der Waals surface area contributed by atoms with Crippen LogP contribution in [-0.2, 0) is 11.2 Å². The summed E-state index contributed by atoms with van der Waals surface area (Å²) in [5, 5.41) is 0.326. The summed E-state index contributed by atoms with van der Waals surface area (Å²) in [6, 6.07) is 4.49. The van der Waals surface area contributed by atoms with Crippen LogP contribution in [0.3, 0.4) is 0 Å². The fraction of sp³-hybridized carbons (Fsp3) is 0.533. The molecule has 0 N–H and O–H groups in total. The Bertz CT molecular complexity index is 414. The Kier molecular flexibility index (Phi) is 4.92. The molecule has 0 heterocycles. The quantitative estimate of drug-likeness (QED) is 0.777. The van der Waals surface area contributed by atoms with Gasteiger partial charge in [-0.15, -0.1) is 0 Å². The van der Waals surface area contributed by atoms with Crippen LogP contribution < -0.4 is 0 Å². The van der Waals surface area contributed by atoms with Gasteiger partial charge < -0.3 is 0 Å². The number of Topliss-reactive ketones (excluding diaryl/α,β-unsaturated/α-hetero) is 1. The molecule has 0 aliphatic rings. The summed E-state index contributed by atoms with van der Waals surface area (Å²) in [6.45, 7) is 8.34. The van der Waals surface area contributed by atoms with Gasteiger partial charge in [0.25, 0.3) is 0 Å². The van der Waals surface area contributed by atoms with Crippen LogP contribution in [0.15, 0.2) is 18.2 Å². The van der Waals surface area contributed by atoms with Crippen LogP contribution in [0.2, 0.25) is 5.02 Å². The van der Waals surface area contributed by atoms with Gasteiger partial charge in [-0.25, -0.2) is 4.39 Å². The van der Waals surface area contributed by atoms with Crippen LogP contribution in [0.25, 0.3) is 0 Å². The highest BCUT2D eigenvalue weighted by atomic mass is 35.5. The minimum atomic E-state index is -0.403. The smallest absolute Gasteiger partial charge is 0.137 e. The standard InChI is InChI=1S/C15H20ClFO/c1-10(15(2,3)4)8-11(18)9-12-13(16)6-5-7-14(12)17/h5-7,10H,8-9H2,1-4H3. The van der Waals surface area contributed by atoms with Gasteiger partial charge in [-0.2, -0.15) is 0 Å². The average Bonchev–Trinajstić information content (AvgIpc) is 2.22. The molecular weight excluding hydrogens is 251 g/mol. The van der Waals surface area contributed by atoms with Gasteiger partial charge in [0.1, 0.15) is 11.6 Å². The highest BCUT2D eigenvalue weighted by molar-refractivity contribution is 6.31. The maximum atomic E-state index is 13.5. The van der Waals surface area contributed by atoms with E-state index in [9.17, 15) is 9.18 Å². The van der Waals surface area contributed by atoms with E-state index in [4.69, 9.17) is 11.6 Å². The molecule has 1 nitrogen and oxygen atoms in total. The molecule has 1 aromatic carbocycles. The predicted octanol–water partition coefficient (Wildman–Crippen LogP) is 4.66. The maximum absolute atomic E-state index is 13.5.